The number of urea groups is 1. The number of halogens is 2. The Kier molecular flexibility index (Phi) is 7.02. The maximum atomic E-state index is 12.4. The number of carbonyl (C=O) groups is 2. The summed E-state index contributed by atoms with van der Waals surface area (Å²) in [4.78, 5) is 30.5. The maximum absolute atomic E-state index is 12.4. The number of amides is 3. The zero-order chi connectivity index (χ0) is 26.0. The number of carbonyl (C=O) groups excluding carboxylic acids is 2. The van der Waals surface area contributed by atoms with Crippen LogP contribution in [0.3, 0.4) is 0 Å². The van der Waals surface area contributed by atoms with Gasteiger partial charge in [-0.25, -0.2) is 27.7 Å². The summed E-state index contributed by atoms with van der Waals surface area (Å²) in [5.74, 6) is -2.37. The van der Waals surface area contributed by atoms with E-state index in [9.17, 15) is 18.4 Å². The minimum absolute atomic E-state index is 0.0722. The zero-order valence-electron chi connectivity index (χ0n) is 20.6. The van der Waals surface area contributed by atoms with Gasteiger partial charge in [-0.3, -0.25) is 4.79 Å². The Labute approximate surface area is 211 Å². The molecule has 0 spiro atoms. The summed E-state index contributed by atoms with van der Waals surface area (Å²) < 4.78 is 30.8. The van der Waals surface area contributed by atoms with Crippen LogP contribution in [0.1, 0.15) is 85.2 Å². The fraction of sp³-hybridized carbons (Fsp3) is 0.583. The van der Waals surface area contributed by atoms with Crippen molar-refractivity contribution in [3.8, 4) is 0 Å². The lowest BCUT2D eigenvalue weighted by Gasteiger charge is -2.20. The van der Waals surface area contributed by atoms with Gasteiger partial charge in [0.25, 0.3) is 5.91 Å². The molecule has 4 heterocycles. The van der Waals surface area contributed by atoms with Gasteiger partial charge in [-0.15, -0.1) is 0 Å². The Balaban J connectivity index is 0.000000301. The minimum Gasteiger partial charge on any atom is -0.345 e. The second-order valence-corrected chi connectivity index (χ2v) is 10.0. The van der Waals surface area contributed by atoms with Crippen LogP contribution in [0, 0.1) is 0 Å². The molecule has 1 aliphatic heterocycles. The van der Waals surface area contributed by atoms with Crippen molar-refractivity contribution in [2.45, 2.75) is 82.8 Å². The quantitative estimate of drug-likeness (QED) is 0.513. The van der Waals surface area contributed by atoms with Gasteiger partial charge in [-0.2, -0.15) is 5.10 Å². The van der Waals surface area contributed by atoms with E-state index in [-0.39, 0.29) is 49.0 Å². The summed E-state index contributed by atoms with van der Waals surface area (Å²) in [6, 6.07) is 1.96. The van der Waals surface area contributed by atoms with Crippen LogP contribution in [0.2, 0.25) is 0 Å². The van der Waals surface area contributed by atoms with Crippen molar-refractivity contribution in [3.63, 3.8) is 0 Å². The van der Waals surface area contributed by atoms with E-state index in [1.54, 1.807) is 21.8 Å². The molecule has 0 bridgehead atoms. The molecule has 3 aliphatic rings. The number of nitrogens with zero attached hydrogens (tertiary/aromatic N) is 6. The molecule has 3 fully saturated rings. The number of aromatic nitrogens is 5. The first-order valence-electron chi connectivity index (χ1n) is 12.6. The van der Waals surface area contributed by atoms with Crippen molar-refractivity contribution >= 4 is 17.6 Å². The molecule has 3 aromatic rings. The summed E-state index contributed by atoms with van der Waals surface area (Å²) in [5, 5.41) is 17.6. The molecule has 2 N–H and O–H groups in total. The predicted molar refractivity (Wildman–Crippen MR) is 127 cm³/mol. The molecule has 1 unspecified atom stereocenters. The van der Waals surface area contributed by atoms with Crippen LogP contribution in [0.5, 0.6) is 0 Å². The average Bonchev–Trinajstić information content (AvgIpc) is 3.29. The molecule has 2 saturated carbocycles. The Morgan fingerprint density at radius 3 is 2.68 bits per heavy atom. The molecule has 0 aromatic carbocycles. The fourth-order valence-corrected chi connectivity index (χ4v) is 4.56. The molecular formula is C24H30F2N8O3. The lowest BCUT2D eigenvalue weighted by molar-refractivity contribution is -0.0337. The fourth-order valence-electron chi connectivity index (χ4n) is 4.56. The first-order chi connectivity index (χ1) is 17.8. The van der Waals surface area contributed by atoms with Gasteiger partial charge in [0, 0.05) is 37.9 Å². The Hall–Kier alpha value is -3.64. The van der Waals surface area contributed by atoms with Gasteiger partial charge < -0.3 is 15.5 Å². The molecule has 11 nitrogen and oxygen atoms in total. The third-order valence-corrected chi connectivity index (χ3v) is 6.66. The van der Waals surface area contributed by atoms with Crippen LogP contribution in [0.25, 0.3) is 5.65 Å². The van der Waals surface area contributed by atoms with E-state index in [0.29, 0.717) is 43.0 Å². The average molecular weight is 517 g/mol. The molecule has 198 valence electrons. The first-order valence-corrected chi connectivity index (χ1v) is 12.6. The Bertz CT molecular complexity index is 1260. The van der Waals surface area contributed by atoms with Crippen LogP contribution in [0.15, 0.2) is 23.1 Å². The standard InChI is InChI=1S/C18H20N8O3.C6H10F2/c1-10-7-25(18(28)21-10)8-11-4-14-22-13(9-26(14)20-5-11)6-19-17(27)16-15(12-2-3-12)23-29-24-16;7-6(8)4-2-1-3-5-6/h4-5,9-10,12H,2-3,6-8H2,1H3,(H,19,27)(H,21,28);1-5H2. The van der Waals surface area contributed by atoms with Gasteiger partial charge in [0.2, 0.25) is 5.92 Å². The third-order valence-electron chi connectivity index (χ3n) is 6.66. The van der Waals surface area contributed by atoms with Crippen LogP contribution in [0.4, 0.5) is 13.6 Å². The second-order valence-electron chi connectivity index (χ2n) is 10.0. The molecule has 2 aliphatic carbocycles. The molecular weight excluding hydrogens is 486 g/mol. The van der Waals surface area contributed by atoms with Gasteiger partial charge in [-0.1, -0.05) is 11.6 Å². The van der Waals surface area contributed by atoms with Crippen molar-refractivity contribution < 1.29 is 23.0 Å². The van der Waals surface area contributed by atoms with E-state index in [4.69, 9.17) is 4.63 Å². The van der Waals surface area contributed by atoms with Gasteiger partial charge >= 0.3 is 6.03 Å². The van der Waals surface area contributed by atoms with E-state index >= 15 is 0 Å². The number of hydrogen-bond acceptors (Lipinski definition) is 7. The van der Waals surface area contributed by atoms with Crippen LogP contribution in [-0.4, -0.2) is 60.3 Å². The highest BCUT2D eigenvalue weighted by Crippen LogP contribution is 2.40. The SMILES string of the molecule is CC1CN(Cc2cnn3cc(CNC(=O)c4nonc4C4CC4)nc3c2)C(=O)N1.FC1(F)CCCCC1. The van der Waals surface area contributed by atoms with Gasteiger partial charge in [0.1, 0.15) is 5.69 Å². The normalized spacial score (nSPS) is 20.9. The molecule has 0 radical (unpaired) electrons. The Morgan fingerprint density at radius 1 is 1.24 bits per heavy atom. The zero-order valence-corrected chi connectivity index (χ0v) is 20.6. The highest BCUT2D eigenvalue weighted by atomic mass is 19.3. The second kappa shape index (κ2) is 10.4. The lowest BCUT2D eigenvalue weighted by atomic mass is 9.97. The van der Waals surface area contributed by atoms with E-state index in [0.717, 1.165) is 24.8 Å². The van der Waals surface area contributed by atoms with E-state index in [1.165, 1.54) is 0 Å². The van der Waals surface area contributed by atoms with E-state index < -0.39 is 5.92 Å². The van der Waals surface area contributed by atoms with E-state index in [1.807, 2.05) is 13.0 Å². The number of fused-ring (bicyclic) bond motifs is 1. The van der Waals surface area contributed by atoms with Gasteiger partial charge in [0.05, 0.1) is 24.6 Å². The highest BCUT2D eigenvalue weighted by Gasteiger charge is 2.33. The maximum Gasteiger partial charge on any atom is 0.318 e. The first kappa shape index (κ1) is 25.0. The van der Waals surface area contributed by atoms with Crippen molar-refractivity contribution in [2.75, 3.05) is 6.54 Å². The number of alkyl halides is 2. The predicted octanol–water partition coefficient (Wildman–Crippen LogP) is 3.42. The molecule has 3 amide bonds. The van der Waals surface area contributed by atoms with Crippen LogP contribution in [-0.2, 0) is 13.1 Å². The van der Waals surface area contributed by atoms with Crippen molar-refractivity contribution in [3.05, 3.63) is 41.1 Å². The van der Waals surface area contributed by atoms with Crippen LogP contribution >= 0.6 is 0 Å². The molecule has 1 saturated heterocycles. The van der Waals surface area contributed by atoms with Crippen molar-refractivity contribution in [1.82, 2.24) is 40.4 Å². The number of nitrogens with one attached hydrogen (secondary N) is 2. The largest absolute Gasteiger partial charge is 0.345 e. The number of hydrogen-bond donors (Lipinski definition) is 2. The molecule has 37 heavy (non-hydrogen) atoms. The monoisotopic (exact) mass is 516 g/mol. The van der Waals surface area contributed by atoms with Crippen molar-refractivity contribution in [2.24, 2.45) is 0 Å². The van der Waals surface area contributed by atoms with Gasteiger partial charge in [-0.05, 0) is 49.4 Å². The topological polar surface area (TPSA) is 131 Å². The lowest BCUT2D eigenvalue weighted by Crippen LogP contribution is -2.28. The number of imidazole rings is 1. The summed E-state index contributed by atoms with van der Waals surface area (Å²) in [6.45, 7) is 3.34. The summed E-state index contributed by atoms with van der Waals surface area (Å²) in [7, 11) is 0. The van der Waals surface area contributed by atoms with E-state index in [2.05, 4.69) is 31.0 Å². The highest BCUT2D eigenvalue weighted by molar-refractivity contribution is 5.93. The van der Waals surface area contributed by atoms with Crippen molar-refractivity contribution in [1.29, 1.82) is 0 Å². The number of rotatable bonds is 6. The summed E-state index contributed by atoms with van der Waals surface area (Å²) in [5.41, 5.74) is 3.09. The smallest absolute Gasteiger partial charge is 0.318 e. The molecule has 13 heteroatoms. The molecule has 6 rings (SSSR count). The molecule has 1 atom stereocenters. The Morgan fingerprint density at radius 2 is 2.03 bits per heavy atom. The van der Waals surface area contributed by atoms with Gasteiger partial charge in [0.15, 0.2) is 11.3 Å². The van der Waals surface area contributed by atoms with Crippen LogP contribution < -0.4 is 10.6 Å². The molecule has 3 aromatic heterocycles. The summed E-state index contributed by atoms with van der Waals surface area (Å²) >= 11 is 0. The third kappa shape index (κ3) is 6.20. The minimum atomic E-state index is -2.32. The summed E-state index contributed by atoms with van der Waals surface area (Å²) in [6.07, 6.45) is 8.15.